The van der Waals surface area contributed by atoms with Crippen LogP contribution in [0.4, 0.5) is 0 Å². The number of hydrogen-bond donors (Lipinski definition) is 4. The fourth-order valence-corrected chi connectivity index (χ4v) is 11.8. The van der Waals surface area contributed by atoms with E-state index in [9.17, 15) is 25.1 Å². The molecule has 1 unspecified atom stereocenters. The number of phenolic OH excluding ortho intramolecular Hbond substituents is 1. The number of carbonyl (C=O) groups excluding carboxylic acids is 2. The lowest BCUT2D eigenvalue weighted by atomic mass is 9.72. The lowest BCUT2D eigenvalue weighted by Crippen LogP contribution is -2.69. The number of aryl methyl sites for hydroxylation is 1. The molecule has 3 aromatic carbocycles. The predicted molar refractivity (Wildman–Crippen MR) is 204 cm³/mol. The molecule has 0 aliphatic carbocycles. The molecule has 0 saturated carbocycles. The fourth-order valence-electron chi connectivity index (χ4n) is 10.1. The van der Waals surface area contributed by atoms with Gasteiger partial charge in [-0.3, -0.25) is 15.0 Å². The zero-order valence-electron chi connectivity index (χ0n) is 32.2. The van der Waals surface area contributed by atoms with Gasteiger partial charge >= 0.3 is 11.9 Å². The number of fused-ring (bicyclic) bond motifs is 9. The number of aliphatic hydroxyl groups is 1. The monoisotopic (exact) mass is 800 g/mol. The molecule has 15 nitrogen and oxygen atoms in total. The number of thioether (sulfide) groups is 1. The Morgan fingerprint density at radius 3 is 2.61 bits per heavy atom. The Morgan fingerprint density at radius 2 is 1.88 bits per heavy atom. The highest BCUT2D eigenvalue weighted by Gasteiger charge is 2.60. The molecular weight excluding hydrogens is 757 g/mol. The summed E-state index contributed by atoms with van der Waals surface area (Å²) in [4.78, 5) is 29.9. The van der Waals surface area contributed by atoms with Crippen LogP contribution in [0.3, 0.4) is 0 Å². The average molecular weight is 801 g/mol. The van der Waals surface area contributed by atoms with Crippen molar-refractivity contribution in [1.29, 1.82) is 5.26 Å². The predicted octanol–water partition coefficient (Wildman–Crippen LogP) is 3.31. The number of ether oxygens (including phenoxy) is 7. The largest absolute Gasteiger partial charge is 0.504 e. The Hall–Kier alpha value is -4.92. The van der Waals surface area contributed by atoms with Crippen LogP contribution >= 0.6 is 11.8 Å². The van der Waals surface area contributed by atoms with E-state index in [4.69, 9.17) is 33.2 Å². The summed E-state index contributed by atoms with van der Waals surface area (Å²) in [7, 11) is 3.05. The quantitative estimate of drug-likeness (QED) is 0.210. The molecule has 10 rings (SSSR count). The minimum atomic E-state index is -1.37. The highest BCUT2D eigenvalue weighted by atomic mass is 32.2. The molecule has 3 aromatic rings. The minimum Gasteiger partial charge on any atom is -0.504 e. The number of nitriles is 1. The van der Waals surface area contributed by atoms with Crippen molar-refractivity contribution < 1.29 is 53.0 Å². The van der Waals surface area contributed by atoms with Gasteiger partial charge in [0, 0.05) is 53.6 Å². The standard InChI is InChI=1S/C41H44N4O11S/c1-18-10-22-11-24-25(14-42)45-26-15-53-40(49)41(23-13-28(50-4)27(48)12-21(23)6-7-43-41)16-57-39(33(45)32(44-24)29(22)37(34(18)51-5)52-9-8-46)31-30(26)38-36(54-17-55-38)19(2)35(31)56-20(3)47/h10,12-13,24-26,32-33,39,43-44,46,48H,6-9,11,15-17H2,1-5H3/t24-,25-,26?,32+,33+,39+,41+/m0/s1. The van der Waals surface area contributed by atoms with Crippen LogP contribution in [0, 0.1) is 25.2 Å². The van der Waals surface area contributed by atoms with Crippen molar-refractivity contribution in [2.45, 2.75) is 74.6 Å². The maximum absolute atomic E-state index is 14.8. The zero-order valence-corrected chi connectivity index (χ0v) is 33.0. The van der Waals surface area contributed by atoms with Crippen LogP contribution in [0.1, 0.15) is 68.8 Å². The summed E-state index contributed by atoms with van der Waals surface area (Å²) < 4.78 is 42.7. The van der Waals surface area contributed by atoms with E-state index in [0.29, 0.717) is 70.4 Å². The molecule has 0 amide bonds. The van der Waals surface area contributed by atoms with E-state index in [1.165, 1.54) is 25.8 Å². The number of carbonyl (C=O) groups is 2. The first kappa shape index (κ1) is 37.6. The van der Waals surface area contributed by atoms with Gasteiger partial charge in [-0.2, -0.15) is 5.26 Å². The summed E-state index contributed by atoms with van der Waals surface area (Å²) in [6, 6.07) is 5.24. The van der Waals surface area contributed by atoms with Crippen molar-refractivity contribution in [3.8, 4) is 46.3 Å². The van der Waals surface area contributed by atoms with Crippen LogP contribution in [0.15, 0.2) is 18.2 Å². The van der Waals surface area contributed by atoms with Gasteiger partial charge in [-0.25, -0.2) is 4.79 Å². The summed E-state index contributed by atoms with van der Waals surface area (Å²) in [6.45, 7) is 5.14. The summed E-state index contributed by atoms with van der Waals surface area (Å²) in [5.41, 5.74) is 4.68. The van der Waals surface area contributed by atoms with Crippen LogP contribution in [-0.2, 0) is 32.7 Å². The molecule has 2 fully saturated rings. The second kappa shape index (κ2) is 14.2. The van der Waals surface area contributed by atoms with E-state index in [0.717, 1.165) is 22.3 Å². The second-order valence-electron chi connectivity index (χ2n) is 15.2. The highest BCUT2D eigenvalue weighted by Crippen LogP contribution is 2.63. The van der Waals surface area contributed by atoms with Gasteiger partial charge in [0.1, 0.15) is 25.0 Å². The Morgan fingerprint density at radius 1 is 1.07 bits per heavy atom. The lowest BCUT2D eigenvalue weighted by molar-refractivity contribution is -0.155. The third-order valence-corrected chi connectivity index (χ3v) is 13.7. The van der Waals surface area contributed by atoms with Gasteiger partial charge in [0.15, 0.2) is 40.0 Å². The van der Waals surface area contributed by atoms with Crippen LogP contribution < -0.4 is 39.1 Å². The summed E-state index contributed by atoms with van der Waals surface area (Å²) in [6.07, 6.45) is 1.05. The maximum Gasteiger partial charge on any atom is 0.331 e. The molecule has 0 radical (unpaired) electrons. The average Bonchev–Trinajstić information content (AvgIpc) is 3.69. The summed E-state index contributed by atoms with van der Waals surface area (Å²) >= 11 is 1.48. The van der Waals surface area contributed by atoms with Crippen molar-refractivity contribution in [1.82, 2.24) is 15.5 Å². The number of methoxy groups -OCH3 is 2. The van der Waals surface area contributed by atoms with Crippen LogP contribution in [0.2, 0.25) is 0 Å². The Labute approximate surface area is 333 Å². The van der Waals surface area contributed by atoms with Crippen molar-refractivity contribution in [3.63, 3.8) is 0 Å². The van der Waals surface area contributed by atoms with E-state index in [2.05, 4.69) is 27.7 Å². The van der Waals surface area contributed by atoms with Gasteiger partial charge in [-0.1, -0.05) is 6.07 Å². The van der Waals surface area contributed by atoms with Gasteiger partial charge in [0.25, 0.3) is 0 Å². The van der Waals surface area contributed by atoms with Gasteiger partial charge in [-0.15, -0.1) is 11.8 Å². The maximum atomic E-state index is 14.8. The van der Waals surface area contributed by atoms with E-state index in [-0.39, 0.29) is 49.9 Å². The number of nitrogens with zero attached hydrogens (tertiary/aromatic N) is 2. The number of esters is 2. The molecule has 0 aromatic heterocycles. The fraction of sp³-hybridized carbons (Fsp3) is 0.488. The Balaban J connectivity index is 1.32. The van der Waals surface area contributed by atoms with Crippen LogP contribution in [-0.4, -0.2) is 98.3 Å². The number of nitrogens with one attached hydrogen (secondary N) is 2. The lowest BCUT2D eigenvalue weighted by Gasteiger charge is -2.59. The van der Waals surface area contributed by atoms with Crippen LogP contribution in [0.25, 0.3) is 0 Å². The SMILES string of the molecule is COc1cc2c(cc1O)CCN[C@]21CS[C@@H]2c3c(OC(C)=O)c(C)c4c(c3C(COC1=O)N1[C@@H]2[C@@H]2N[C@@H](Cc3cc(C)c(OC)c(OCCO)c32)[C@@H]1C#N)OCO4. The highest BCUT2D eigenvalue weighted by molar-refractivity contribution is 7.99. The van der Waals surface area contributed by atoms with Crippen LogP contribution in [0.5, 0.6) is 40.2 Å². The first-order valence-corrected chi connectivity index (χ1v) is 20.1. The van der Waals surface area contributed by atoms with E-state index in [1.54, 1.807) is 19.2 Å². The Bertz CT molecular complexity index is 2250. The molecule has 57 heavy (non-hydrogen) atoms. The van der Waals surface area contributed by atoms with Gasteiger partial charge in [0.2, 0.25) is 6.79 Å². The number of aliphatic hydroxyl groups excluding tert-OH is 1. The number of rotatable bonds is 6. The van der Waals surface area contributed by atoms with E-state index >= 15 is 0 Å². The van der Waals surface area contributed by atoms with Crippen molar-refractivity contribution >= 4 is 23.7 Å². The van der Waals surface area contributed by atoms with Crippen molar-refractivity contribution in [3.05, 3.63) is 62.7 Å². The Kier molecular flexibility index (Phi) is 9.36. The van der Waals surface area contributed by atoms with Crippen molar-refractivity contribution in [2.75, 3.05) is 53.1 Å². The molecule has 2 saturated heterocycles. The molecule has 16 heteroatoms. The molecule has 7 heterocycles. The number of benzene rings is 3. The number of hydrogen-bond acceptors (Lipinski definition) is 16. The number of aromatic hydroxyl groups is 1. The smallest absolute Gasteiger partial charge is 0.331 e. The molecule has 7 aliphatic rings. The number of phenols is 1. The first-order chi connectivity index (χ1) is 27.6. The van der Waals surface area contributed by atoms with E-state index < -0.39 is 46.9 Å². The van der Waals surface area contributed by atoms with Crippen molar-refractivity contribution in [2.24, 2.45) is 0 Å². The third-order valence-electron chi connectivity index (χ3n) is 12.2. The molecular formula is C41H44N4O11S. The molecule has 1 spiro atoms. The summed E-state index contributed by atoms with van der Waals surface area (Å²) in [5, 5.41) is 38.6. The molecule has 4 bridgehead atoms. The second-order valence-corrected chi connectivity index (χ2v) is 16.3. The third kappa shape index (κ3) is 5.54. The normalized spacial score (nSPS) is 27.9. The molecule has 7 atom stereocenters. The van der Waals surface area contributed by atoms with E-state index in [1.807, 2.05) is 13.8 Å². The van der Waals surface area contributed by atoms with Gasteiger partial charge in [0.05, 0.1) is 44.2 Å². The molecule has 4 N–H and O–H groups in total. The topological polar surface area (TPSA) is 190 Å². The first-order valence-electron chi connectivity index (χ1n) is 19.0. The van der Waals surface area contributed by atoms with Gasteiger partial charge < -0.3 is 48.7 Å². The molecule has 300 valence electrons. The summed E-state index contributed by atoms with van der Waals surface area (Å²) in [5.74, 6) is 1.59. The number of piperazine rings is 1. The van der Waals surface area contributed by atoms with Gasteiger partial charge in [-0.05, 0) is 61.1 Å². The molecule has 7 aliphatic heterocycles. The minimum absolute atomic E-state index is 0.0263. The zero-order chi connectivity index (χ0) is 39.9.